The predicted molar refractivity (Wildman–Crippen MR) is 116 cm³/mol. The van der Waals surface area contributed by atoms with Gasteiger partial charge in [0.2, 0.25) is 0 Å². The number of esters is 1. The van der Waals surface area contributed by atoms with E-state index in [1.165, 1.54) is 0 Å². The average Bonchev–Trinajstić information content (AvgIpc) is 3.17. The topological polar surface area (TPSA) is 61.8 Å². The molecule has 1 aliphatic rings. The summed E-state index contributed by atoms with van der Waals surface area (Å²) in [5.41, 5.74) is 0.635. The van der Waals surface area contributed by atoms with E-state index in [1.54, 1.807) is 21.1 Å². The smallest absolute Gasteiger partial charge is 0.320 e. The first-order chi connectivity index (χ1) is 14.5. The van der Waals surface area contributed by atoms with Crippen molar-refractivity contribution in [2.24, 2.45) is 5.41 Å². The van der Waals surface area contributed by atoms with Crippen molar-refractivity contribution < 1.29 is 23.8 Å². The van der Waals surface area contributed by atoms with Crippen LogP contribution in [0.4, 0.5) is 0 Å². The first kappa shape index (κ1) is 21.6. The molecule has 2 atom stereocenters. The number of carbonyl (C=O) groups excluding carboxylic acids is 2. The molecule has 2 unspecified atom stereocenters. The van der Waals surface area contributed by atoms with Gasteiger partial charge in [-0.15, -0.1) is 0 Å². The molecule has 1 aliphatic carbocycles. The van der Waals surface area contributed by atoms with Gasteiger partial charge in [0.1, 0.15) is 16.9 Å². The minimum Gasteiger partial charge on any atom is -0.497 e. The zero-order valence-electron chi connectivity index (χ0n) is 17.7. The van der Waals surface area contributed by atoms with Crippen LogP contribution in [0, 0.1) is 5.41 Å². The fourth-order valence-corrected chi connectivity index (χ4v) is 4.12. The van der Waals surface area contributed by atoms with E-state index in [-0.39, 0.29) is 12.4 Å². The van der Waals surface area contributed by atoms with Crippen LogP contribution in [0.25, 0.3) is 6.08 Å². The quantitative estimate of drug-likeness (QED) is 0.464. The van der Waals surface area contributed by atoms with Crippen molar-refractivity contribution in [3.8, 4) is 11.5 Å². The summed E-state index contributed by atoms with van der Waals surface area (Å²) < 4.78 is 15.9. The highest BCUT2D eigenvalue weighted by molar-refractivity contribution is 6.06. The molecule has 0 bridgehead atoms. The van der Waals surface area contributed by atoms with Gasteiger partial charge in [-0.1, -0.05) is 36.4 Å². The molecule has 0 amide bonds. The zero-order chi connectivity index (χ0) is 21.6. The van der Waals surface area contributed by atoms with Crippen molar-refractivity contribution >= 4 is 17.8 Å². The molecule has 0 heterocycles. The van der Waals surface area contributed by atoms with Crippen LogP contribution in [0.1, 0.15) is 43.2 Å². The molecule has 1 saturated carbocycles. The largest absolute Gasteiger partial charge is 0.497 e. The van der Waals surface area contributed by atoms with E-state index in [2.05, 4.69) is 0 Å². The van der Waals surface area contributed by atoms with E-state index in [0.29, 0.717) is 19.3 Å². The summed E-state index contributed by atoms with van der Waals surface area (Å²) in [6, 6.07) is 15.2. The molecule has 2 aromatic carbocycles. The highest BCUT2D eigenvalue weighted by atomic mass is 16.5. The highest BCUT2D eigenvalue weighted by Crippen LogP contribution is 2.48. The van der Waals surface area contributed by atoms with Gasteiger partial charge in [0, 0.05) is 12.3 Å². The van der Waals surface area contributed by atoms with Gasteiger partial charge in [-0.05, 0) is 55.2 Å². The van der Waals surface area contributed by atoms with Crippen LogP contribution in [0.5, 0.6) is 11.5 Å². The van der Waals surface area contributed by atoms with Gasteiger partial charge in [-0.2, -0.15) is 0 Å². The Morgan fingerprint density at radius 1 is 1.03 bits per heavy atom. The molecular weight excluding hydrogens is 380 g/mol. The van der Waals surface area contributed by atoms with Crippen molar-refractivity contribution in [1.82, 2.24) is 0 Å². The third kappa shape index (κ3) is 4.25. The Morgan fingerprint density at radius 3 is 2.13 bits per heavy atom. The van der Waals surface area contributed by atoms with Gasteiger partial charge in [0.25, 0.3) is 0 Å². The van der Waals surface area contributed by atoms with Crippen LogP contribution in [-0.4, -0.2) is 32.6 Å². The molecule has 0 radical (unpaired) electrons. The second-order valence-corrected chi connectivity index (χ2v) is 7.35. The Labute approximate surface area is 177 Å². The summed E-state index contributed by atoms with van der Waals surface area (Å²) in [6.07, 6.45) is 5.45. The minimum atomic E-state index is -1.20. The Morgan fingerprint density at radius 2 is 1.63 bits per heavy atom. The maximum atomic E-state index is 13.1. The van der Waals surface area contributed by atoms with Gasteiger partial charge >= 0.3 is 5.97 Å². The lowest BCUT2D eigenvalue weighted by atomic mass is 9.69. The summed E-state index contributed by atoms with van der Waals surface area (Å²) in [6.45, 7) is 2.01. The Kier molecular flexibility index (Phi) is 6.93. The molecule has 3 rings (SSSR count). The fourth-order valence-electron chi connectivity index (χ4n) is 4.12. The molecule has 5 nitrogen and oxygen atoms in total. The predicted octanol–water partition coefficient (Wildman–Crippen LogP) is 4.80. The summed E-state index contributed by atoms with van der Waals surface area (Å²) in [5, 5.41) is 0. The van der Waals surface area contributed by atoms with Crippen LogP contribution < -0.4 is 9.47 Å². The lowest BCUT2D eigenvalue weighted by Crippen LogP contribution is -2.42. The van der Waals surface area contributed by atoms with Crippen LogP contribution in [0.15, 0.2) is 54.6 Å². The summed E-state index contributed by atoms with van der Waals surface area (Å²) in [7, 11) is 3.23. The van der Waals surface area contributed by atoms with Crippen molar-refractivity contribution in [3.63, 3.8) is 0 Å². The van der Waals surface area contributed by atoms with Gasteiger partial charge in [-0.3, -0.25) is 9.59 Å². The summed E-state index contributed by atoms with van der Waals surface area (Å²) >= 11 is 0. The van der Waals surface area contributed by atoms with Gasteiger partial charge in [0.05, 0.1) is 20.8 Å². The van der Waals surface area contributed by atoms with Gasteiger partial charge in [0.15, 0.2) is 5.78 Å². The first-order valence-electron chi connectivity index (χ1n) is 10.2. The maximum absolute atomic E-state index is 13.1. The number of ether oxygens (including phenoxy) is 3. The fraction of sp³-hybridized carbons (Fsp3) is 0.360. The van der Waals surface area contributed by atoms with Gasteiger partial charge in [-0.25, -0.2) is 0 Å². The molecule has 0 saturated heterocycles. The molecular formula is C25H28O5. The Hall–Kier alpha value is -3.08. The Balaban J connectivity index is 2.06. The molecule has 2 aromatic rings. The van der Waals surface area contributed by atoms with E-state index in [9.17, 15) is 9.59 Å². The molecule has 1 fully saturated rings. The number of allylic oxidation sites excluding steroid dienone is 1. The molecule has 0 aliphatic heterocycles. The minimum absolute atomic E-state index is 0.0545. The maximum Gasteiger partial charge on any atom is 0.320 e. The summed E-state index contributed by atoms with van der Waals surface area (Å²) in [5.74, 6) is 0.570. The van der Waals surface area contributed by atoms with Crippen LogP contribution in [0.3, 0.4) is 0 Å². The van der Waals surface area contributed by atoms with Crippen LogP contribution in [0.2, 0.25) is 0 Å². The monoisotopic (exact) mass is 408 g/mol. The molecule has 0 spiro atoms. The van der Waals surface area contributed by atoms with Gasteiger partial charge < -0.3 is 14.2 Å². The number of carbonyl (C=O) groups is 2. The van der Waals surface area contributed by atoms with Crippen molar-refractivity contribution in [1.29, 1.82) is 0 Å². The number of rotatable bonds is 8. The van der Waals surface area contributed by atoms with E-state index in [0.717, 1.165) is 22.6 Å². The number of hydrogen-bond acceptors (Lipinski definition) is 5. The number of benzene rings is 2. The summed E-state index contributed by atoms with van der Waals surface area (Å²) in [4.78, 5) is 26.2. The molecule has 30 heavy (non-hydrogen) atoms. The van der Waals surface area contributed by atoms with Crippen LogP contribution in [-0.2, 0) is 14.3 Å². The molecule has 5 heteroatoms. The third-order valence-corrected chi connectivity index (χ3v) is 5.71. The standard InChI is InChI=1S/C25H28O5/c1-4-30-24(27)25(17-5-6-23(25)26)22(19-10-14-21(29-3)15-11-19)16-9-18-7-12-20(28-2)13-8-18/h7-16,22H,4-6,17H2,1-3H3/b16-9+. The zero-order valence-corrected chi connectivity index (χ0v) is 17.7. The SMILES string of the molecule is CCOC(=O)C1(C(/C=C/c2ccc(OC)cc2)c2ccc(OC)cc2)CCCC1=O. The van der Waals surface area contributed by atoms with E-state index in [4.69, 9.17) is 14.2 Å². The number of ketones is 1. The number of Topliss-reactive ketones (excluding diaryl/α,β-unsaturated/α-hetero) is 1. The lowest BCUT2D eigenvalue weighted by molar-refractivity contribution is -0.159. The molecule has 0 aromatic heterocycles. The highest BCUT2D eigenvalue weighted by Gasteiger charge is 2.54. The lowest BCUT2D eigenvalue weighted by Gasteiger charge is -2.32. The number of hydrogen-bond donors (Lipinski definition) is 0. The van der Waals surface area contributed by atoms with E-state index in [1.807, 2.05) is 60.7 Å². The molecule has 0 N–H and O–H groups in total. The van der Waals surface area contributed by atoms with E-state index >= 15 is 0 Å². The normalized spacial score (nSPS) is 19.6. The van der Waals surface area contributed by atoms with Crippen LogP contribution >= 0.6 is 0 Å². The second kappa shape index (κ2) is 9.61. The third-order valence-electron chi connectivity index (χ3n) is 5.71. The van der Waals surface area contributed by atoms with Crippen molar-refractivity contribution in [2.45, 2.75) is 32.1 Å². The Bertz CT molecular complexity index is 898. The first-order valence-corrected chi connectivity index (χ1v) is 10.2. The number of methoxy groups -OCH3 is 2. The van der Waals surface area contributed by atoms with Crippen molar-refractivity contribution in [3.05, 3.63) is 65.7 Å². The average molecular weight is 408 g/mol. The van der Waals surface area contributed by atoms with E-state index < -0.39 is 17.3 Å². The second-order valence-electron chi connectivity index (χ2n) is 7.35. The molecule has 158 valence electrons. The van der Waals surface area contributed by atoms with Crippen molar-refractivity contribution in [2.75, 3.05) is 20.8 Å².